The van der Waals surface area contributed by atoms with Crippen LogP contribution in [0.15, 0.2) is 52.4 Å². The Balaban J connectivity index is 1.37. The summed E-state index contributed by atoms with van der Waals surface area (Å²) < 4.78 is 1.84. The molecule has 2 aliphatic heterocycles. The van der Waals surface area contributed by atoms with Crippen LogP contribution in [-0.4, -0.2) is 67.4 Å². The van der Waals surface area contributed by atoms with Crippen LogP contribution in [0, 0.1) is 0 Å². The number of fused-ring (bicyclic) bond motifs is 2. The van der Waals surface area contributed by atoms with Gasteiger partial charge >= 0.3 is 5.97 Å². The van der Waals surface area contributed by atoms with Gasteiger partial charge in [-0.25, -0.2) is 9.78 Å². The van der Waals surface area contributed by atoms with Crippen LogP contribution in [0.2, 0.25) is 0 Å². The second-order valence-corrected chi connectivity index (χ2v) is 9.97. The maximum atomic E-state index is 13.1. The molecule has 0 spiro atoms. The molecule has 186 valence electrons. The summed E-state index contributed by atoms with van der Waals surface area (Å²) in [5, 5.41) is 20.9. The van der Waals surface area contributed by atoms with Crippen LogP contribution in [0.5, 0.6) is 0 Å². The molecule has 2 atom stereocenters. The summed E-state index contributed by atoms with van der Waals surface area (Å²) in [6.07, 6.45) is 4.06. The van der Waals surface area contributed by atoms with Gasteiger partial charge in [-0.1, -0.05) is 9.67 Å². The van der Waals surface area contributed by atoms with E-state index in [1.165, 1.54) is 16.7 Å². The fourth-order valence-corrected chi connectivity index (χ4v) is 6.06. The third-order valence-corrected chi connectivity index (χ3v) is 7.79. The van der Waals surface area contributed by atoms with Crippen molar-refractivity contribution in [1.82, 2.24) is 20.3 Å². The van der Waals surface area contributed by atoms with Crippen LogP contribution in [0.25, 0.3) is 5.52 Å². The van der Waals surface area contributed by atoms with Crippen molar-refractivity contribution in [2.45, 2.75) is 24.8 Å². The number of aromatic amines is 1. The molecule has 12 nitrogen and oxygen atoms in total. The number of thiazole rings is 1. The summed E-state index contributed by atoms with van der Waals surface area (Å²) in [6.45, 7) is 1.95. The maximum Gasteiger partial charge on any atom is 0.352 e. The van der Waals surface area contributed by atoms with Crippen LogP contribution >= 0.6 is 23.1 Å². The number of carbonyl (C=O) groups excluding carboxylic acids is 2. The Labute approximate surface area is 212 Å². The number of rotatable bonds is 8. The summed E-state index contributed by atoms with van der Waals surface area (Å²) in [7, 11) is 0. The SMILES string of the molecule is CCO/N=C(/C(=O)N[C@@H]1C(=O)N2C(C(=O)O)=C(Cc3c[nH][n+]4ccccc34)CS[C@H]12)c1csc(N)n1. The zero-order valence-electron chi connectivity index (χ0n) is 19.0. The van der Waals surface area contributed by atoms with Crippen molar-refractivity contribution in [2.24, 2.45) is 5.16 Å². The van der Waals surface area contributed by atoms with Gasteiger partial charge in [0.05, 0.1) is 11.8 Å². The average Bonchev–Trinajstić information content (AvgIpc) is 3.48. The molecule has 0 bridgehead atoms. The first-order valence-corrected chi connectivity index (χ1v) is 12.9. The molecule has 36 heavy (non-hydrogen) atoms. The number of anilines is 1. The van der Waals surface area contributed by atoms with E-state index in [2.05, 4.69) is 20.6 Å². The molecule has 5 rings (SSSR count). The topological polar surface area (TPSA) is 167 Å². The number of nitrogens with two attached hydrogens (primary N) is 1. The molecule has 0 radical (unpaired) electrons. The van der Waals surface area contributed by atoms with E-state index >= 15 is 0 Å². The Hall–Kier alpha value is -3.91. The predicted molar refractivity (Wildman–Crippen MR) is 132 cm³/mol. The molecule has 2 amide bonds. The molecule has 0 saturated carbocycles. The largest absolute Gasteiger partial charge is 0.477 e. The summed E-state index contributed by atoms with van der Waals surface area (Å²) in [5.41, 5.74) is 8.23. The molecule has 3 aromatic heterocycles. The van der Waals surface area contributed by atoms with Crippen LogP contribution in [0.3, 0.4) is 0 Å². The van der Waals surface area contributed by atoms with Gasteiger partial charge in [0.1, 0.15) is 29.4 Å². The number of carboxylic acid groups (broad SMARTS) is 1. The number of amides is 2. The highest BCUT2D eigenvalue weighted by molar-refractivity contribution is 8.00. The fourth-order valence-electron chi connectivity index (χ4n) is 4.17. The number of hydrogen-bond acceptors (Lipinski definition) is 9. The van der Waals surface area contributed by atoms with E-state index in [4.69, 9.17) is 10.6 Å². The minimum Gasteiger partial charge on any atom is -0.477 e. The van der Waals surface area contributed by atoms with E-state index in [1.807, 2.05) is 35.1 Å². The van der Waals surface area contributed by atoms with Gasteiger partial charge in [0.25, 0.3) is 11.8 Å². The second-order valence-electron chi connectivity index (χ2n) is 7.98. The number of thioether (sulfide) groups is 1. The summed E-state index contributed by atoms with van der Waals surface area (Å²) in [4.78, 5) is 48.6. The number of nitrogen functional groups attached to an aromatic ring is 1. The van der Waals surface area contributed by atoms with Gasteiger partial charge in [-0.15, -0.1) is 23.1 Å². The predicted octanol–water partition coefficient (Wildman–Crippen LogP) is 0.514. The molecule has 0 aliphatic carbocycles. The van der Waals surface area contributed by atoms with Crippen LogP contribution in [-0.2, 0) is 25.6 Å². The normalized spacial score (nSPS) is 19.8. The highest BCUT2D eigenvalue weighted by Gasteiger charge is 2.54. The van der Waals surface area contributed by atoms with Crippen LogP contribution in [0.1, 0.15) is 18.2 Å². The van der Waals surface area contributed by atoms with Gasteiger partial charge in [-0.05, 0) is 18.6 Å². The van der Waals surface area contributed by atoms with E-state index in [0.717, 1.165) is 22.4 Å². The van der Waals surface area contributed by atoms with Crippen molar-refractivity contribution >= 4 is 57.2 Å². The summed E-state index contributed by atoms with van der Waals surface area (Å²) in [5.74, 6) is -1.95. The Kier molecular flexibility index (Phi) is 6.36. The first-order chi connectivity index (χ1) is 17.4. The number of aliphatic carboxylic acids is 1. The van der Waals surface area contributed by atoms with E-state index < -0.39 is 29.2 Å². The number of oxime groups is 1. The number of nitrogens with zero attached hydrogens (tertiary/aromatic N) is 4. The third-order valence-electron chi connectivity index (χ3n) is 5.77. The Morgan fingerprint density at radius 3 is 3.00 bits per heavy atom. The minimum absolute atomic E-state index is 0.0417. The molecule has 1 fully saturated rings. The molecule has 0 aromatic carbocycles. The number of H-pyrrole nitrogens is 1. The molecule has 14 heteroatoms. The first-order valence-electron chi connectivity index (χ1n) is 11.0. The Morgan fingerprint density at radius 2 is 2.28 bits per heavy atom. The number of hydrogen-bond donors (Lipinski definition) is 4. The van der Waals surface area contributed by atoms with Gasteiger partial charge in [0, 0.05) is 29.7 Å². The number of aromatic nitrogens is 3. The molecule has 3 aromatic rings. The molecular weight excluding hydrogens is 506 g/mol. The fraction of sp³-hybridized carbons (Fsp3) is 0.273. The molecular formula is C22H22N7O5S2+. The maximum absolute atomic E-state index is 13.1. The number of β-lactam (4-membered cyclic amide) rings is 1. The third kappa shape index (κ3) is 4.18. The lowest BCUT2D eigenvalue weighted by Crippen LogP contribution is -2.71. The van der Waals surface area contributed by atoms with E-state index in [9.17, 15) is 19.5 Å². The van der Waals surface area contributed by atoms with Crippen molar-refractivity contribution in [3.63, 3.8) is 0 Å². The summed E-state index contributed by atoms with van der Waals surface area (Å²) >= 11 is 2.54. The molecule has 0 unspecified atom stereocenters. The summed E-state index contributed by atoms with van der Waals surface area (Å²) in [6, 6.07) is 4.81. The number of nitrogens with one attached hydrogen (secondary N) is 2. The second kappa shape index (κ2) is 9.62. The number of pyridine rings is 1. The van der Waals surface area contributed by atoms with Gasteiger partial charge in [-0.2, -0.15) is 5.10 Å². The van der Waals surface area contributed by atoms with Crippen molar-refractivity contribution in [3.05, 3.63) is 58.5 Å². The Morgan fingerprint density at radius 1 is 1.44 bits per heavy atom. The van der Waals surface area contributed by atoms with Crippen molar-refractivity contribution in [1.29, 1.82) is 0 Å². The molecule has 2 aliphatic rings. The average molecular weight is 529 g/mol. The lowest BCUT2D eigenvalue weighted by atomic mass is 9.99. The van der Waals surface area contributed by atoms with E-state index in [0.29, 0.717) is 17.7 Å². The van der Waals surface area contributed by atoms with E-state index in [-0.39, 0.29) is 28.8 Å². The van der Waals surface area contributed by atoms with Crippen molar-refractivity contribution < 1.29 is 28.8 Å². The van der Waals surface area contributed by atoms with Gasteiger partial charge < -0.3 is 21.0 Å². The van der Waals surface area contributed by atoms with E-state index in [1.54, 1.807) is 12.3 Å². The number of carboxylic acids is 1. The first kappa shape index (κ1) is 23.8. The van der Waals surface area contributed by atoms with Gasteiger partial charge in [-0.3, -0.25) is 14.5 Å². The van der Waals surface area contributed by atoms with Crippen molar-refractivity contribution in [2.75, 3.05) is 18.1 Å². The zero-order valence-corrected chi connectivity index (χ0v) is 20.6. The smallest absolute Gasteiger partial charge is 0.352 e. The van der Waals surface area contributed by atoms with Crippen LogP contribution < -0.4 is 15.6 Å². The molecule has 5 N–H and O–H groups in total. The van der Waals surface area contributed by atoms with Gasteiger partial charge in [0.2, 0.25) is 5.52 Å². The monoisotopic (exact) mass is 528 g/mol. The standard InChI is InChI=1S/C22H21N7O5S2/c1-2-34-27-15(13-10-36-22(23)25-13)18(30)26-16-19(31)29-17(21(32)33)12(9-35-20(16)29)7-11-8-24-28-6-4-3-5-14(11)28/h3-6,8,10,16,20H,2,7,9H2,1H3,(H4,23,25,26,30,32,33)/p+1/b27-15+/t16-,20-/m1/s1. The quantitative estimate of drug-likeness (QED) is 0.142. The number of carbonyl (C=O) groups is 3. The highest BCUT2D eigenvalue weighted by atomic mass is 32.2. The lowest BCUT2D eigenvalue weighted by Gasteiger charge is -2.49. The Bertz CT molecular complexity index is 1430. The van der Waals surface area contributed by atoms with Gasteiger partial charge in [0.15, 0.2) is 17.0 Å². The molecule has 1 saturated heterocycles. The minimum atomic E-state index is -1.18. The highest BCUT2D eigenvalue weighted by Crippen LogP contribution is 2.41. The van der Waals surface area contributed by atoms with Crippen LogP contribution in [0.4, 0.5) is 5.13 Å². The lowest BCUT2D eigenvalue weighted by molar-refractivity contribution is -0.576. The van der Waals surface area contributed by atoms with Crippen molar-refractivity contribution in [3.8, 4) is 0 Å². The molecule has 5 heterocycles. The zero-order chi connectivity index (χ0) is 25.4.